The van der Waals surface area contributed by atoms with Gasteiger partial charge in [-0.1, -0.05) is 18.2 Å². The predicted molar refractivity (Wildman–Crippen MR) is 109 cm³/mol. The Labute approximate surface area is 175 Å². The first-order valence-electron chi connectivity index (χ1n) is 9.55. The highest BCUT2D eigenvalue weighted by atomic mass is 19.4. The summed E-state index contributed by atoms with van der Waals surface area (Å²) >= 11 is 0. The number of alkyl halides is 3. The number of rotatable bonds is 6. The van der Waals surface area contributed by atoms with Crippen molar-refractivity contribution >= 4 is 16.9 Å². The molecule has 4 aromatic rings. The number of fused-ring (bicyclic) bond motifs is 1. The Morgan fingerprint density at radius 1 is 1.16 bits per heavy atom. The Morgan fingerprint density at radius 3 is 2.74 bits per heavy atom. The first-order chi connectivity index (χ1) is 14.9. The summed E-state index contributed by atoms with van der Waals surface area (Å²) in [5, 5.41) is 3.50. The summed E-state index contributed by atoms with van der Waals surface area (Å²) in [6, 6.07) is 11.3. The van der Waals surface area contributed by atoms with E-state index in [4.69, 9.17) is 10.2 Å². The Balaban J connectivity index is 1.51. The highest BCUT2D eigenvalue weighted by molar-refractivity contribution is 5.94. The molecule has 3 aromatic heterocycles. The van der Waals surface area contributed by atoms with Crippen LogP contribution >= 0.6 is 0 Å². The molecule has 0 bridgehead atoms. The maximum absolute atomic E-state index is 13.2. The number of nitrogens with two attached hydrogens (primary N) is 1. The van der Waals surface area contributed by atoms with Crippen LogP contribution in [0.1, 0.15) is 21.7 Å². The van der Waals surface area contributed by atoms with Crippen molar-refractivity contribution in [2.24, 2.45) is 5.73 Å². The number of amides is 1. The van der Waals surface area contributed by atoms with Crippen molar-refractivity contribution in [3.8, 4) is 11.3 Å². The fourth-order valence-corrected chi connectivity index (χ4v) is 3.47. The number of hydrogen-bond donors (Lipinski definition) is 3. The van der Waals surface area contributed by atoms with Crippen molar-refractivity contribution in [1.29, 1.82) is 0 Å². The summed E-state index contributed by atoms with van der Waals surface area (Å²) in [6.45, 7) is -0.0280. The molecule has 3 heterocycles. The molecular formula is C22H19F3N4O2. The topological polar surface area (TPSA) is 96.9 Å². The van der Waals surface area contributed by atoms with Gasteiger partial charge in [0.25, 0.3) is 5.91 Å². The van der Waals surface area contributed by atoms with Gasteiger partial charge in [-0.2, -0.15) is 13.2 Å². The van der Waals surface area contributed by atoms with Crippen molar-refractivity contribution in [3.63, 3.8) is 0 Å². The minimum Gasteiger partial charge on any atom is -0.451 e. The first kappa shape index (κ1) is 20.7. The summed E-state index contributed by atoms with van der Waals surface area (Å²) in [4.78, 5) is 19.9. The standard InChI is InChI=1S/C22H19F3N4O2/c23-22(24,25)17-4-2-1-3-13(17)11-14(12-26)29-21(30)19-6-5-18(31-19)15-7-9-27-20-16(15)8-10-28-20/h1-10,14H,11-12,26H2,(H,27,28)(H,29,30)/t14-/m0/s1. The third-order valence-corrected chi connectivity index (χ3v) is 4.96. The number of carbonyl (C=O) groups is 1. The lowest BCUT2D eigenvalue weighted by Gasteiger charge is -2.19. The van der Waals surface area contributed by atoms with Crippen molar-refractivity contribution in [3.05, 3.63) is 77.8 Å². The smallest absolute Gasteiger partial charge is 0.416 e. The van der Waals surface area contributed by atoms with Gasteiger partial charge in [0.1, 0.15) is 11.4 Å². The molecule has 1 aromatic carbocycles. The van der Waals surface area contributed by atoms with Gasteiger partial charge >= 0.3 is 6.18 Å². The van der Waals surface area contributed by atoms with Crippen LogP contribution in [0, 0.1) is 0 Å². The molecule has 0 saturated carbocycles. The van der Waals surface area contributed by atoms with Crippen LogP contribution < -0.4 is 11.1 Å². The SMILES string of the molecule is NC[C@H](Cc1ccccc1C(F)(F)F)NC(=O)c1ccc(-c2ccnc3[nH]ccc23)o1. The Kier molecular flexibility index (Phi) is 5.51. The zero-order valence-electron chi connectivity index (χ0n) is 16.2. The molecule has 0 aliphatic rings. The highest BCUT2D eigenvalue weighted by Gasteiger charge is 2.33. The number of H-pyrrole nitrogens is 1. The van der Waals surface area contributed by atoms with Crippen molar-refractivity contribution in [1.82, 2.24) is 15.3 Å². The van der Waals surface area contributed by atoms with Crippen LogP contribution in [0.3, 0.4) is 0 Å². The van der Waals surface area contributed by atoms with E-state index in [1.54, 1.807) is 24.5 Å². The van der Waals surface area contributed by atoms with E-state index in [9.17, 15) is 18.0 Å². The number of pyridine rings is 1. The fraction of sp³-hybridized carbons (Fsp3) is 0.182. The van der Waals surface area contributed by atoms with Crippen molar-refractivity contribution < 1.29 is 22.4 Å². The molecule has 4 N–H and O–H groups in total. The van der Waals surface area contributed by atoms with Crippen LogP contribution in [0.5, 0.6) is 0 Å². The van der Waals surface area contributed by atoms with Crippen LogP contribution in [0.25, 0.3) is 22.4 Å². The molecule has 0 unspecified atom stereocenters. The van der Waals surface area contributed by atoms with Crippen molar-refractivity contribution in [2.75, 3.05) is 6.54 Å². The zero-order valence-corrected chi connectivity index (χ0v) is 16.2. The lowest BCUT2D eigenvalue weighted by molar-refractivity contribution is -0.138. The van der Waals surface area contributed by atoms with E-state index in [2.05, 4.69) is 15.3 Å². The predicted octanol–water partition coefficient (Wildman–Crippen LogP) is 4.14. The average Bonchev–Trinajstić information content (AvgIpc) is 3.42. The third-order valence-electron chi connectivity index (χ3n) is 4.96. The number of halogens is 3. The van der Waals surface area contributed by atoms with Crippen LogP contribution in [0.2, 0.25) is 0 Å². The quantitative estimate of drug-likeness (QED) is 0.430. The molecule has 1 amide bonds. The van der Waals surface area contributed by atoms with E-state index in [0.717, 1.165) is 17.0 Å². The van der Waals surface area contributed by atoms with Crippen molar-refractivity contribution in [2.45, 2.75) is 18.6 Å². The minimum atomic E-state index is -4.48. The van der Waals surface area contributed by atoms with Crippen LogP contribution in [0.4, 0.5) is 13.2 Å². The molecule has 0 radical (unpaired) electrons. The summed E-state index contributed by atoms with van der Waals surface area (Å²) < 4.78 is 45.4. The highest BCUT2D eigenvalue weighted by Crippen LogP contribution is 2.32. The Morgan fingerprint density at radius 2 is 1.97 bits per heavy atom. The lowest BCUT2D eigenvalue weighted by atomic mass is 9.99. The number of carbonyl (C=O) groups excluding carboxylic acids is 1. The van der Waals surface area contributed by atoms with Gasteiger partial charge in [-0.05, 0) is 42.3 Å². The van der Waals surface area contributed by atoms with Gasteiger partial charge in [-0.3, -0.25) is 4.79 Å². The first-order valence-corrected chi connectivity index (χ1v) is 9.55. The number of hydrogen-bond acceptors (Lipinski definition) is 4. The molecule has 0 aliphatic heterocycles. The maximum atomic E-state index is 13.2. The van der Waals surface area contributed by atoms with Crippen LogP contribution in [-0.2, 0) is 12.6 Å². The van der Waals surface area contributed by atoms with Gasteiger partial charge in [0.15, 0.2) is 5.76 Å². The summed E-state index contributed by atoms with van der Waals surface area (Å²) in [7, 11) is 0. The van der Waals surface area contributed by atoms with Crippen LogP contribution in [-0.4, -0.2) is 28.5 Å². The van der Waals surface area contributed by atoms with Gasteiger partial charge in [0.05, 0.1) is 5.56 Å². The summed E-state index contributed by atoms with van der Waals surface area (Å²) in [5.41, 5.74) is 6.49. The van der Waals surface area contributed by atoms with Gasteiger partial charge in [-0.25, -0.2) is 4.98 Å². The molecular weight excluding hydrogens is 409 g/mol. The lowest BCUT2D eigenvalue weighted by Crippen LogP contribution is -2.41. The third kappa shape index (κ3) is 4.31. The van der Waals surface area contributed by atoms with Gasteiger partial charge < -0.3 is 20.5 Å². The Hall–Kier alpha value is -3.59. The van der Waals surface area contributed by atoms with E-state index in [1.807, 2.05) is 6.07 Å². The molecule has 9 heteroatoms. The van der Waals surface area contributed by atoms with Gasteiger partial charge in [0, 0.05) is 35.9 Å². The van der Waals surface area contributed by atoms with Crippen LogP contribution in [0.15, 0.2) is 65.3 Å². The number of aromatic nitrogens is 2. The fourth-order valence-electron chi connectivity index (χ4n) is 3.47. The molecule has 0 saturated heterocycles. The molecule has 0 aliphatic carbocycles. The van der Waals surface area contributed by atoms with E-state index in [1.165, 1.54) is 24.3 Å². The molecule has 4 rings (SSSR count). The Bertz CT molecular complexity index is 1210. The molecule has 0 spiro atoms. The maximum Gasteiger partial charge on any atom is 0.416 e. The number of nitrogens with one attached hydrogen (secondary N) is 2. The van der Waals surface area contributed by atoms with E-state index < -0.39 is 23.7 Å². The minimum absolute atomic E-state index is 0.0280. The summed E-state index contributed by atoms with van der Waals surface area (Å²) in [6.07, 6.45) is -1.16. The number of furan rings is 1. The van der Waals surface area contributed by atoms with Gasteiger partial charge in [0.2, 0.25) is 0 Å². The van der Waals surface area contributed by atoms with E-state index in [-0.39, 0.29) is 24.3 Å². The number of nitrogens with zero attached hydrogens (tertiary/aromatic N) is 1. The molecule has 0 fully saturated rings. The van der Waals surface area contributed by atoms with Gasteiger partial charge in [-0.15, -0.1) is 0 Å². The molecule has 1 atom stereocenters. The second-order valence-electron chi connectivity index (χ2n) is 7.03. The average molecular weight is 428 g/mol. The molecule has 6 nitrogen and oxygen atoms in total. The molecule has 160 valence electrons. The zero-order chi connectivity index (χ0) is 22.0. The summed E-state index contributed by atoms with van der Waals surface area (Å²) in [5.74, 6) is -0.0347. The van der Waals surface area contributed by atoms with E-state index >= 15 is 0 Å². The second kappa shape index (κ2) is 8.27. The monoisotopic (exact) mass is 428 g/mol. The number of benzene rings is 1. The largest absolute Gasteiger partial charge is 0.451 e. The molecule has 31 heavy (non-hydrogen) atoms. The normalized spacial score (nSPS) is 12.8. The van der Waals surface area contributed by atoms with E-state index in [0.29, 0.717) is 11.4 Å². The second-order valence-corrected chi connectivity index (χ2v) is 7.03. The number of aromatic amines is 1.